The average molecular weight is 544 g/mol. The number of nitrogens with two attached hydrogens (primary N) is 1. The number of fused-ring (bicyclic) bond motifs is 5. The summed E-state index contributed by atoms with van der Waals surface area (Å²) in [5.74, 6) is -2.77. The second-order valence-electron chi connectivity index (χ2n) is 8.58. The molecular formula is C24H22F6N4O4. The molecule has 3 heterocycles. The minimum absolute atomic E-state index is 0.0448. The Labute approximate surface area is 212 Å². The Kier molecular flexibility index (Phi) is 7.39. The number of ether oxygens (including phenoxy) is 2. The molecular weight excluding hydrogens is 522 g/mol. The molecule has 8 nitrogen and oxygen atoms in total. The molecule has 4 bridgehead atoms. The van der Waals surface area contributed by atoms with Crippen molar-refractivity contribution in [2.45, 2.75) is 56.5 Å². The molecule has 1 aromatic carbocycles. The van der Waals surface area contributed by atoms with Gasteiger partial charge >= 0.3 is 12.4 Å². The van der Waals surface area contributed by atoms with E-state index in [0.29, 0.717) is 11.6 Å². The highest BCUT2D eigenvalue weighted by Crippen LogP contribution is 2.47. The van der Waals surface area contributed by atoms with Gasteiger partial charge in [0.25, 0.3) is 17.4 Å². The lowest BCUT2D eigenvalue weighted by atomic mass is 9.94. The number of nitrogen functional groups attached to an aromatic ring is 1. The Morgan fingerprint density at radius 2 is 1.84 bits per heavy atom. The number of halogens is 6. The fourth-order valence-corrected chi connectivity index (χ4v) is 3.80. The number of hydrogen-bond donors (Lipinski definition) is 2. The van der Waals surface area contributed by atoms with Crippen molar-refractivity contribution in [2.24, 2.45) is 0 Å². The fraction of sp³-hybridized carbons (Fsp3) is 0.375. The van der Waals surface area contributed by atoms with Crippen LogP contribution in [0.4, 0.5) is 32.0 Å². The van der Waals surface area contributed by atoms with Crippen molar-refractivity contribution in [1.82, 2.24) is 15.2 Å². The van der Waals surface area contributed by atoms with Crippen LogP contribution in [0.1, 0.15) is 36.8 Å². The summed E-state index contributed by atoms with van der Waals surface area (Å²) < 4.78 is 101. The number of benzene rings is 1. The van der Waals surface area contributed by atoms with E-state index in [9.17, 15) is 31.4 Å². The molecule has 4 rings (SSSR count). The molecule has 204 valence electrons. The number of pyridine rings is 1. The lowest BCUT2D eigenvalue weighted by Crippen LogP contribution is -2.53. The van der Waals surface area contributed by atoms with Gasteiger partial charge in [0.1, 0.15) is 11.7 Å². The largest absolute Gasteiger partial charge is 0.474 e. The van der Waals surface area contributed by atoms with Crippen LogP contribution in [-0.4, -0.2) is 38.7 Å². The summed E-state index contributed by atoms with van der Waals surface area (Å²) in [5.41, 5.74) is 0.187. The third kappa shape index (κ3) is 5.31. The minimum Gasteiger partial charge on any atom is -0.474 e. The first kappa shape index (κ1) is 27.4. The standard InChI is InChI=1S/C24H22F6N4O4/c1-13-7-5-6-10-17(35)22(24(28,29)30,36-12-14-8-3-2-4-9-14)21-34-33-20(38-21)18-16(31)11-15(23(25,26)27)19(32-18)37-13/h2-4,6,8-11,13,17,35H,5,7,12,31H2,1H3/b10-6-/t13-,17?,22?/m1/s1. The van der Waals surface area contributed by atoms with Gasteiger partial charge in [-0.15, -0.1) is 10.2 Å². The van der Waals surface area contributed by atoms with Crippen molar-refractivity contribution in [3.63, 3.8) is 0 Å². The fourth-order valence-electron chi connectivity index (χ4n) is 3.80. The van der Waals surface area contributed by atoms with Crippen LogP contribution in [0, 0.1) is 0 Å². The topological polar surface area (TPSA) is 117 Å². The smallest absolute Gasteiger partial charge is 0.429 e. The molecule has 3 aromatic rings. The van der Waals surface area contributed by atoms with E-state index in [2.05, 4.69) is 15.2 Å². The van der Waals surface area contributed by atoms with Crippen molar-refractivity contribution in [3.8, 4) is 17.5 Å². The molecule has 0 spiro atoms. The van der Waals surface area contributed by atoms with Gasteiger partial charge in [-0.25, -0.2) is 4.98 Å². The van der Waals surface area contributed by atoms with Crippen LogP contribution in [-0.2, 0) is 23.1 Å². The van der Waals surface area contributed by atoms with Crippen LogP contribution in [0.5, 0.6) is 5.88 Å². The molecule has 3 atom stereocenters. The highest BCUT2D eigenvalue weighted by atomic mass is 19.4. The second-order valence-corrected chi connectivity index (χ2v) is 8.58. The maximum Gasteiger partial charge on any atom is 0.429 e. The Morgan fingerprint density at radius 3 is 2.50 bits per heavy atom. The SMILES string of the molecule is C[C@@H]1CC/C=C\C(O)C(OCc2ccccc2)(C(F)(F)F)c2nnc(o2)-c2nc(c(C(F)(F)F)cc2N)O1. The van der Waals surface area contributed by atoms with Gasteiger partial charge in [0.2, 0.25) is 5.88 Å². The van der Waals surface area contributed by atoms with E-state index in [1.54, 1.807) is 18.2 Å². The summed E-state index contributed by atoms with van der Waals surface area (Å²) >= 11 is 0. The number of anilines is 1. The van der Waals surface area contributed by atoms with Gasteiger partial charge in [-0.2, -0.15) is 26.3 Å². The van der Waals surface area contributed by atoms with E-state index in [-0.39, 0.29) is 12.8 Å². The molecule has 1 aliphatic heterocycles. The molecule has 0 fully saturated rings. The zero-order valence-electron chi connectivity index (χ0n) is 19.8. The lowest BCUT2D eigenvalue weighted by molar-refractivity contribution is -0.319. The summed E-state index contributed by atoms with van der Waals surface area (Å²) in [6.45, 7) is 0.862. The molecule has 3 N–H and O–H groups in total. The number of allylic oxidation sites excluding steroid dienone is 1. The summed E-state index contributed by atoms with van der Waals surface area (Å²) in [7, 11) is 0. The van der Waals surface area contributed by atoms with Gasteiger partial charge in [-0.3, -0.25) is 0 Å². The van der Waals surface area contributed by atoms with Gasteiger partial charge < -0.3 is 24.7 Å². The Balaban J connectivity index is 1.90. The van der Waals surface area contributed by atoms with E-state index in [1.165, 1.54) is 25.1 Å². The summed E-state index contributed by atoms with van der Waals surface area (Å²) in [5, 5.41) is 17.8. The van der Waals surface area contributed by atoms with Gasteiger partial charge in [-0.05, 0) is 31.4 Å². The molecule has 0 saturated heterocycles. The maximum absolute atomic E-state index is 14.7. The highest BCUT2D eigenvalue weighted by Gasteiger charge is 2.65. The Hall–Kier alpha value is -3.65. The van der Waals surface area contributed by atoms with E-state index >= 15 is 0 Å². The van der Waals surface area contributed by atoms with Crippen molar-refractivity contribution in [3.05, 3.63) is 65.6 Å². The van der Waals surface area contributed by atoms with Crippen LogP contribution in [0.25, 0.3) is 11.6 Å². The summed E-state index contributed by atoms with van der Waals surface area (Å²) in [6, 6.07) is 8.40. The summed E-state index contributed by atoms with van der Waals surface area (Å²) in [4.78, 5) is 3.78. The molecule has 38 heavy (non-hydrogen) atoms. The Bertz CT molecular complexity index is 1300. The third-order valence-corrected chi connectivity index (χ3v) is 5.79. The third-order valence-electron chi connectivity index (χ3n) is 5.79. The first-order valence-electron chi connectivity index (χ1n) is 11.3. The molecule has 2 aromatic heterocycles. The Morgan fingerprint density at radius 1 is 1.13 bits per heavy atom. The normalized spacial score (nSPS) is 23.4. The second kappa shape index (κ2) is 10.3. The van der Waals surface area contributed by atoms with Crippen LogP contribution < -0.4 is 10.5 Å². The van der Waals surface area contributed by atoms with E-state index in [0.717, 1.165) is 6.08 Å². The number of aliphatic hydroxyl groups excluding tert-OH is 1. The number of rotatable bonds is 3. The van der Waals surface area contributed by atoms with Crippen LogP contribution in [0.2, 0.25) is 0 Å². The number of aliphatic hydroxyl groups is 1. The summed E-state index contributed by atoms with van der Waals surface area (Å²) in [6.07, 6.45) is -11.1. The molecule has 1 aliphatic rings. The highest BCUT2D eigenvalue weighted by molar-refractivity contribution is 5.68. The minimum atomic E-state index is -5.28. The van der Waals surface area contributed by atoms with E-state index in [4.69, 9.17) is 19.6 Å². The predicted molar refractivity (Wildman–Crippen MR) is 120 cm³/mol. The molecule has 0 radical (unpaired) electrons. The van der Waals surface area contributed by atoms with Crippen molar-refractivity contribution >= 4 is 5.69 Å². The zero-order chi connectivity index (χ0) is 27.7. The van der Waals surface area contributed by atoms with Gasteiger partial charge in [0.05, 0.1) is 18.4 Å². The monoisotopic (exact) mass is 544 g/mol. The average Bonchev–Trinajstić information content (AvgIpc) is 3.32. The molecule has 2 unspecified atom stereocenters. The first-order chi connectivity index (χ1) is 17.8. The van der Waals surface area contributed by atoms with Gasteiger partial charge in [0.15, 0.2) is 5.69 Å². The predicted octanol–water partition coefficient (Wildman–Crippen LogP) is 5.19. The molecule has 0 amide bonds. The number of aromatic nitrogens is 3. The van der Waals surface area contributed by atoms with Crippen molar-refractivity contribution in [1.29, 1.82) is 0 Å². The number of alkyl halides is 6. The quantitative estimate of drug-likeness (QED) is 0.342. The molecule has 0 saturated carbocycles. The van der Waals surface area contributed by atoms with Crippen LogP contribution in [0.15, 0.2) is 53.0 Å². The van der Waals surface area contributed by atoms with E-state index in [1.807, 2.05) is 0 Å². The number of hydrogen-bond acceptors (Lipinski definition) is 8. The van der Waals surface area contributed by atoms with Gasteiger partial charge in [-0.1, -0.05) is 42.5 Å². The maximum atomic E-state index is 14.7. The van der Waals surface area contributed by atoms with Crippen LogP contribution in [0.3, 0.4) is 0 Å². The van der Waals surface area contributed by atoms with Crippen molar-refractivity contribution in [2.75, 3.05) is 5.73 Å². The molecule has 0 aliphatic carbocycles. The van der Waals surface area contributed by atoms with E-state index < -0.39 is 71.4 Å². The lowest BCUT2D eigenvalue weighted by Gasteiger charge is -2.35. The zero-order valence-corrected chi connectivity index (χ0v) is 19.8. The number of nitrogens with zero attached hydrogens (tertiary/aromatic N) is 3. The van der Waals surface area contributed by atoms with Crippen molar-refractivity contribution < 1.29 is 45.3 Å². The first-order valence-corrected chi connectivity index (χ1v) is 11.3. The van der Waals surface area contributed by atoms with Crippen LogP contribution >= 0.6 is 0 Å². The molecule has 14 heteroatoms. The van der Waals surface area contributed by atoms with Gasteiger partial charge in [0, 0.05) is 0 Å².